The fraction of sp³-hybridized carbons (Fsp3) is 0.118. The summed E-state index contributed by atoms with van der Waals surface area (Å²) in [6, 6.07) is 10.7. The highest BCUT2D eigenvalue weighted by molar-refractivity contribution is 9.10. The molecule has 0 fully saturated rings. The maximum absolute atomic E-state index is 12.7. The number of nitrogens with one attached hydrogen (secondary N) is 2. The van der Waals surface area contributed by atoms with Crippen molar-refractivity contribution in [1.82, 2.24) is 9.38 Å². The van der Waals surface area contributed by atoms with Gasteiger partial charge >= 0.3 is 0 Å². The predicted molar refractivity (Wildman–Crippen MR) is 96.3 cm³/mol. The van der Waals surface area contributed by atoms with Crippen LogP contribution >= 0.6 is 15.9 Å². The molecule has 24 heavy (non-hydrogen) atoms. The number of hydrogen-bond donors (Lipinski definition) is 2. The normalized spacial score (nSPS) is 10.6. The van der Waals surface area contributed by atoms with E-state index < -0.39 is 0 Å². The fourth-order valence-corrected chi connectivity index (χ4v) is 2.82. The fourth-order valence-electron chi connectivity index (χ4n) is 2.48. The smallest absolute Gasteiger partial charge is 0.274 e. The summed E-state index contributed by atoms with van der Waals surface area (Å²) in [7, 11) is 0. The van der Waals surface area contributed by atoms with E-state index >= 15 is 0 Å². The molecular formula is C17H15BrN4O2. The van der Waals surface area contributed by atoms with Gasteiger partial charge in [0.25, 0.3) is 5.91 Å². The minimum atomic E-state index is -0.266. The molecule has 0 spiro atoms. The first kappa shape index (κ1) is 16.2. The van der Waals surface area contributed by atoms with Crippen molar-refractivity contribution < 1.29 is 9.59 Å². The molecule has 3 rings (SSSR count). The van der Waals surface area contributed by atoms with Gasteiger partial charge in [0.05, 0.1) is 5.69 Å². The Morgan fingerprint density at radius 2 is 1.83 bits per heavy atom. The summed E-state index contributed by atoms with van der Waals surface area (Å²) in [6.45, 7) is 3.23. The molecule has 7 heteroatoms. The molecule has 0 aliphatic heterocycles. The standard InChI is InChI=1S/C17H15BrN4O2/c1-10-16(22-9-12(18)6-7-15(22)19-10)17(24)21-14-5-3-4-13(8-14)20-11(2)23/h3-9H,1-2H3,(H,20,23)(H,21,24). The van der Waals surface area contributed by atoms with Crippen molar-refractivity contribution in [3.8, 4) is 0 Å². The van der Waals surface area contributed by atoms with Crippen LogP contribution in [0.3, 0.4) is 0 Å². The van der Waals surface area contributed by atoms with Crippen LogP contribution in [0.4, 0.5) is 11.4 Å². The van der Waals surface area contributed by atoms with E-state index in [1.807, 2.05) is 12.1 Å². The Hall–Kier alpha value is -2.67. The molecule has 0 radical (unpaired) electrons. The van der Waals surface area contributed by atoms with Crippen LogP contribution in [0.2, 0.25) is 0 Å². The maximum atomic E-state index is 12.7. The molecule has 2 aromatic heterocycles. The van der Waals surface area contributed by atoms with Crippen molar-refractivity contribution in [3.63, 3.8) is 0 Å². The number of rotatable bonds is 3. The van der Waals surface area contributed by atoms with Crippen LogP contribution in [0.1, 0.15) is 23.1 Å². The summed E-state index contributed by atoms with van der Waals surface area (Å²) < 4.78 is 2.60. The number of hydrogen-bond acceptors (Lipinski definition) is 3. The lowest BCUT2D eigenvalue weighted by atomic mass is 10.2. The van der Waals surface area contributed by atoms with E-state index in [1.165, 1.54) is 6.92 Å². The van der Waals surface area contributed by atoms with Crippen LogP contribution < -0.4 is 10.6 Å². The first-order valence-electron chi connectivity index (χ1n) is 7.27. The van der Waals surface area contributed by atoms with Gasteiger partial charge in [-0.15, -0.1) is 0 Å². The van der Waals surface area contributed by atoms with E-state index in [0.717, 1.165) is 4.47 Å². The highest BCUT2D eigenvalue weighted by Gasteiger charge is 2.17. The summed E-state index contributed by atoms with van der Waals surface area (Å²) in [4.78, 5) is 28.2. The van der Waals surface area contributed by atoms with E-state index in [2.05, 4.69) is 31.5 Å². The Labute approximate surface area is 147 Å². The molecule has 6 nitrogen and oxygen atoms in total. The summed E-state index contributed by atoms with van der Waals surface area (Å²) >= 11 is 3.40. The molecule has 122 valence electrons. The third-order valence-electron chi connectivity index (χ3n) is 3.41. The topological polar surface area (TPSA) is 75.5 Å². The van der Waals surface area contributed by atoms with Crippen molar-refractivity contribution in [3.05, 3.63) is 58.5 Å². The number of imidazole rings is 1. The van der Waals surface area contributed by atoms with Gasteiger partial charge in [-0.3, -0.25) is 14.0 Å². The Morgan fingerprint density at radius 1 is 1.12 bits per heavy atom. The molecule has 0 saturated carbocycles. The van der Waals surface area contributed by atoms with Crippen LogP contribution in [-0.2, 0) is 4.79 Å². The van der Waals surface area contributed by atoms with Gasteiger partial charge in [0.15, 0.2) is 0 Å². The molecule has 0 saturated heterocycles. The van der Waals surface area contributed by atoms with E-state index in [0.29, 0.717) is 28.4 Å². The van der Waals surface area contributed by atoms with Crippen molar-refractivity contribution in [2.24, 2.45) is 0 Å². The Balaban J connectivity index is 1.92. The number of aryl methyl sites for hydroxylation is 1. The lowest BCUT2D eigenvalue weighted by Crippen LogP contribution is -2.16. The average Bonchev–Trinajstić information content (AvgIpc) is 2.82. The second-order valence-electron chi connectivity index (χ2n) is 5.34. The Morgan fingerprint density at radius 3 is 2.54 bits per heavy atom. The van der Waals surface area contributed by atoms with Gasteiger partial charge in [0.1, 0.15) is 11.3 Å². The van der Waals surface area contributed by atoms with Crippen LogP contribution in [0.15, 0.2) is 47.1 Å². The predicted octanol–water partition coefficient (Wildman–Crippen LogP) is 3.62. The number of amides is 2. The highest BCUT2D eigenvalue weighted by Crippen LogP contribution is 2.20. The first-order chi connectivity index (χ1) is 11.4. The van der Waals surface area contributed by atoms with Gasteiger partial charge in [-0.05, 0) is 53.2 Å². The molecule has 3 aromatic rings. The van der Waals surface area contributed by atoms with Gasteiger partial charge in [0.2, 0.25) is 5.91 Å². The molecule has 1 aromatic carbocycles. The summed E-state index contributed by atoms with van der Waals surface area (Å²) in [5.41, 5.74) is 3.03. The summed E-state index contributed by atoms with van der Waals surface area (Å²) in [5, 5.41) is 5.53. The summed E-state index contributed by atoms with van der Waals surface area (Å²) in [5.74, 6) is -0.431. The molecule has 0 atom stereocenters. The summed E-state index contributed by atoms with van der Waals surface area (Å²) in [6.07, 6.45) is 1.80. The molecule has 2 amide bonds. The van der Waals surface area contributed by atoms with E-state index in [1.54, 1.807) is 41.8 Å². The largest absolute Gasteiger partial charge is 0.326 e. The zero-order valence-corrected chi connectivity index (χ0v) is 14.7. The maximum Gasteiger partial charge on any atom is 0.274 e. The lowest BCUT2D eigenvalue weighted by Gasteiger charge is -2.08. The van der Waals surface area contributed by atoms with Crippen LogP contribution in [0, 0.1) is 6.92 Å². The number of carbonyl (C=O) groups excluding carboxylic acids is 2. The van der Waals surface area contributed by atoms with Gasteiger partial charge in [-0.1, -0.05) is 6.07 Å². The SMILES string of the molecule is CC(=O)Nc1cccc(NC(=O)c2c(C)nc3ccc(Br)cn23)c1. The molecule has 0 bridgehead atoms. The van der Waals surface area contributed by atoms with Crippen molar-refractivity contribution >= 4 is 44.8 Å². The zero-order chi connectivity index (χ0) is 17.3. The second-order valence-corrected chi connectivity index (χ2v) is 6.25. The molecule has 0 unspecified atom stereocenters. The van der Waals surface area contributed by atoms with E-state index in [4.69, 9.17) is 0 Å². The monoisotopic (exact) mass is 386 g/mol. The third-order valence-corrected chi connectivity index (χ3v) is 3.88. The van der Waals surface area contributed by atoms with Crippen LogP contribution in [-0.4, -0.2) is 21.2 Å². The number of anilines is 2. The van der Waals surface area contributed by atoms with Crippen molar-refractivity contribution in [2.45, 2.75) is 13.8 Å². The number of pyridine rings is 1. The number of nitrogens with zero attached hydrogens (tertiary/aromatic N) is 2. The number of fused-ring (bicyclic) bond motifs is 1. The average molecular weight is 387 g/mol. The van der Waals surface area contributed by atoms with Crippen molar-refractivity contribution in [1.29, 1.82) is 0 Å². The quantitative estimate of drug-likeness (QED) is 0.721. The molecule has 0 aliphatic rings. The second kappa shape index (κ2) is 6.45. The molecule has 2 heterocycles. The van der Waals surface area contributed by atoms with Crippen LogP contribution in [0.25, 0.3) is 5.65 Å². The Kier molecular flexibility index (Phi) is 4.35. The molecule has 0 aliphatic carbocycles. The van der Waals surface area contributed by atoms with Gasteiger partial charge < -0.3 is 10.6 Å². The zero-order valence-electron chi connectivity index (χ0n) is 13.1. The van der Waals surface area contributed by atoms with E-state index in [9.17, 15) is 9.59 Å². The van der Waals surface area contributed by atoms with Gasteiger partial charge in [0, 0.05) is 29.0 Å². The first-order valence-corrected chi connectivity index (χ1v) is 8.06. The number of benzene rings is 1. The van der Waals surface area contributed by atoms with Gasteiger partial charge in [-0.25, -0.2) is 4.98 Å². The number of halogens is 1. The third kappa shape index (κ3) is 3.30. The van der Waals surface area contributed by atoms with Gasteiger partial charge in [-0.2, -0.15) is 0 Å². The molecule has 2 N–H and O–H groups in total. The number of carbonyl (C=O) groups is 2. The molecular weight excluding hydrogens is 372 g/mol. The number of aromatic nitrogens is 2. The lowest BCUT2D eigenvalue weighted by molar-refractivity contribution is -0.114. The van der Waals surface area contributed by atoms with E-state index in [-0.39, 0.29) is 11.8 Å². The minimum Gasteiger partial charge on any atom is -0.326 e. The van der Waals surface area contributed by atoms with Crippen molar-refractivity contribution in [2.75, 3.05) is 10.6 Å². The Bertz CT molecular complexity index is 949. The minimum absolute atomic E-state index is 0.166. The highest BCUT2D eigenvalue weighted by atomic mass is 79.9. The van der Waals surface area contributed by atoms with Crippen LogP contribution in [0.5, 0.6) is 0 Å².